The minimum absolute atomic E-state index is 0.00419. The van der Waals surface area contributed by atoms with Crippen molar-refractivity contribution >= 4 is 16.2 Å². The van der Waals surface area contributed by atoms with E-state index in [1.165, 1.54) is 12.1 Å². The zero-order valence-corrected chi connectivity index (χ0v) is 16.6. The molecule has 1 atom stereocenters. The van der Waals surface area contributed by atoms with E-state index in [-0.39, 0.29) is 41.2 Å². The molecule has 8 nitrogen and oxygen atoms in total. The summed E-state index contributed by atoms with van der Waals surface area (Å²) < 4.78 is 42.2. The van der Waals surface area contributed by atoms with E-state index < -0.39 is 28.0 Å². The number of phenolic OH excluding ortho intramolecular Hbond substituents is 2. The molecule has 2 aromatic rings. The van der Waals surface area contributed by atoms with E-state index >= 15 is 0 Å². The van der Waals surface area contributed by atoms with Crippen LogP contribution in [0.5, 0.6) is 23.0 Å². The van der Waals surface area contributed by atoms with Crippen LogP contribution in [0.15, 0.2) is 42.0 Å². The third-order valence-corrected chi connectivity index (χ3v) is 4.80. The fourth-order valence-electron chi connectivity index (χ4n) is 3.08. The maximum absolute atomic E-state index is 12.7. The van der Waals surface area contributed by atoms with Crippen molar-refractivity contribution < 1.29 is 36.9 Å². The molecule has 1 aliphatic heterocycles. The average Bonchev–Trinajstić information content (AvgIpc) is 2.59. The van der Waals surface area contributed by atoms with Crippen molar-refractivity contribution in [3.63, 3.8) is 0 Å². The Bertz CT molecular complexity index is 1080. The second-order valence-electron chi connectivity index (χ2n) is 6.90. The molecule has 29 heavy (non-hydrogen) atoms. The van der Waals surface area contributed by atoms with Crippen LogP contribution in [0.2, 0.25) is 0 Å². The number of aromatic hydroxyl groups is 2. The Morgan fingerprint density at radius 2 is 1.90 bits per heavy atom. The van der Waals surface area contributed by atoms with E-state index in [9.17, 15) is 23.4 Å². The molecule has 0 bridgehead atoms. The number of phenols is 2. The zero-order chi connectivity index (χ0) is 21.3. The van der Waals surface area contributed by atoms with Crippen LogP contribution >= 0.6 is 0 Å². The van der Waals surface area contributed by atoms with Crippen LogP contribution < -0.4 is 8.92 Å². The molecule has 3 N–H and O–H groups in total. The van der Waals surface area contributed by atoms with Crippen LogP contribution in [0.4, 0.5) is 0 Å². The molecule has 0 spiro atoms. The summed E-state index contributed by atoms with van der Waals surface area (Å²) in [5.74, 6) is -1.18. The Morgan fingerprint density at radius 3 is 2.48 bits per heavy atom. The van der Waals surface area contributed by atoms with Crippen molar-refractivity contribution in [2.45, 2.75) is 32.8 Å². The number of carbonyl (C=O) groups excluding carboxylic acids is 1. The lowest BCUT2D eigenvalue weighted by Crippen LogP contribution is -2.22. The lowest BCUT2D eigenvalue weighted by molar-refractivity contribution is 0.0843. The van der Waals surface area contributed by atoms with Gasteiger partial charge >= 0.3 is 10.4 Å². The summed E-state index contributed by atoms with van der Waals surface area (Å²) in [6.45, 7) is 3.67. The summed E-state index contributed by atoms with van der Waals surface area (Å²) in [4.78, 5) is 12.7. The summed E-state index contributed by atoms with van der Waals surface area (Å²) >= 11 is 0. The monoisotopic (exact) mass is 420 g/mol. The van der Waals surface area contributed by atoms with E-state index in [0.29, 0.717) is 5.56 Å². The topological polar surface area (TPSA) is 130 Å². The minimum atomic E-state index is -4.87. The first-order valence-electron chi connectivity index (χ1n) is 8.73. The highest BCUT2D eigenvalue weighted by molar-refractivity contribution is 7.81. The van der Waals surface area contributed by atoms with Gasteiger partial charge in [0.2, 0.25) is 0 Å². The van der Waals surface area contributed by atoms with E-state index in [2.05, 4.69) is 4.18 Å². The van der Waals surface area contributed by atoms with Crippen molar-refractivity contribution in [1.82, 2.24) is 0 Å². The third-order valence-electron chi connectivity index (χ3n) is 4.41. The fourth-order valence-corrected chi connectivity index (χ4v) is 3.45. The molecule has 0 saturated heterocycles. The molecule has 0 unspecified atom stereocenters. The molecular weight excluding hydrogens is 400 g/mol. The number of benzene rings is 2. The largest absolute Gasteiger partial charge is 0.508 e. The van der Waals surface area contributed by atoms with Gasteiger partial charge in [-0.3, -0.25) is 9.35 Å². The van der Waals surface area contributed by atoms with Crippen LogP contribution in [0.1, 0.15) is 47.9 Å². The van der Waals surface area contributed by atoms with E-state index in [1.54, 1.807) is 18.2 Å². The highest BCUT2D eigenvalue weighted by Crippen LogP contribution is 2.46. The standard InChI is InChI=1S/C20H20O8S/c1-11(2)3-8-14-18(28-29(24,25)26)10-16(23)19-15(22)9-17(27-20(14)19)12-4-6-13(21)7-5-12/h3-7,10,17,21,23H,8-9H2,1-2H3,(H,24,25,26)/t17-/m0/s1. The van der Waals surface area contributed by atoms with Gasteiger partial charge in [0.15, 0.2) is 11.5 Å². The molecule has 154 valence electrons. The molecule has 0 aromatic heterocycles. The van der Waals surface area contributed by atoms with Gasteiger partial charge in [0.1, 0.15) is 28.9 Å². The Hall–Kier alpha value is -3.04. The Labute approximate surface area is 168 Å². The second kappa shape index (κ2) is 7.76. The smallest absolute Gasteiger partial charge is 0.446 e. The lowest BCUT2D eigenvalue weighted by atomic mass is 9.92. The number of carbonyl (C=O) groups is 1. The van der Waals surface area contributed by atoms with Gasteiger partial charge in [-0.2, -0.15) is 8.42 Å². The van der Waals surface area contributed by atoms with Gasteiger partial charge in [-0.05, 0) is 38.0 Å². The quantitative estimate of drug-likeness (QED) is 0.495. The molecule has 0 saturated carbocycles. The van der Waals surface area contributed by atoms with E-state index in [0.717, 1.165) is 11.6 Å². The maximum Gasteiger partial charge on any atom is 0.446 e. The Morgan fingerprint density at radius 1 is 1.24 bits per heavy atom. The highest BCUT2D eigenvalue weighted by Gasteiger charge is 2.34. The van der Waals surface area contributed by atoms with Crippen molar-refractivity contribution in [3.8, 4) is 23.0 Å². The number of Topliss-reactive ketones (excluding diaryl/α,β-unsaturated/α-hetero) is 1. The molecule has 0 aliphatic carbocycles. The number of fused-ring (bicyclic) bond motifs is 1. The molecule has 1 heterocycles. The maximum atomic E-state index is 12.7. The van der Waals surface area contributed by atoms with E-state index in [1.807, 2.05) is 13.8 Å². The molecule has 0 amide bonds. The predicted molar refractivity (Wildman–Crippen MR) is 104 cm³/mol. The third kappa shape index (κ3) is 4.69. The molecule has 0 radical (unpaired) electrons. The van der Waals surface area contributed by atoms with Gasteiger partial charge in [0, 0.05) is 11.6 Å². The van der Waals surface area contributed by atoms with Crippen LogP contribution in [0.3, 0.4) is 0 Å². The van der Waals surface area contributed by atoms with Crippen molar-refractivity contribution in [1.29, 1.82) is 0 Å². The zero-order valence-electron chi connectivity index (χ0n) is 15.7. The fraction of sp³-hybridized carbons (Fsp3) is 0.250. The normalized spacial score (nSPS) is 16.0. The Kier molecular flexibility index (Phi) is 5.54. The summed E-state index contributed by atoms with van der Waals surface area (Å²) in [5, 5.41) is 19.8. The molecule has 1 aliphatic rings. The van der Waals surface area contributed by atoms with Crippen molar-refractivity contribution in [3.05, 3.63) is 58.7 Å². The minimum Gasteiger partial charge on any atom is -0.508 e. The molecular formula is C20H20O8S. The van der Waals surface area contributed by atoms with Gasteiger partial charge in [-0.15, -0.1) is 0 Å². The van der Waals surface area contributed by atoms with Crippen LogP contribution in [0, 0.1) is 0 Å². The first-order chi connectivity index (χ1) is 13.5. The molecule has 0 fully saturated rings. The van der Waals surface area contributed by atoms with Gasteiger partial charge in [0.25, 0.3) is 0 Å². The van der Waals surface area contributed by atoms with E-state index in [4.69, 9.17) is 9.29 Å². The van der Waals surface area contributed by atoms with Crippen molar-refractivity contribution in [2.24, 2.45) is 0 Å². The molecule has 2 aromatic carbocycles. The summed E-state index contributed by atoms with van der Waals surface area (Å²) in [6.07, 6.45) is 1.15. The lowest BCUT2D eigenvalue weighted by Gasteiger charge is -2.28. The first kappa shape index (κ1) is 20.7. The van der Waals surface area contributed by atoms with Crippen LogP contribution in [-0.4, -0.2) is 29.0 Å². The van der Waals surface area contributed by atoms with Gasteiger partial charge < -0.3 is 19.1 Å². The van der Waals surface area contributed by atoms with Crippen LogP contribution in [-0.2, 0) is 16.8 Å². The number of hydrogen-bond acceptors (Lipinski definition) is 7. The number of hydrogen-bond donors (Lipinski definition) is 3. The SMILES string of the molecule is CC(C)=CCc1c(OS(=O)(=O)O)cc(O)c2c1O[C@H](c1ccc(O)cc1)CC2=O. The van der Waals surface area contributed by atoms with Crippen LogP contribution in [0.25, 0.3) is 0 Å². The van der Waals surface area contributed by atoms with Gasteiger partial charge in [-0.1, -0.05) is 23.8 Å². The molecule has 3 rings (SSSR count). The second-order valence-corrected chi connectivity index (χ2v) is 7.92. The number of ketones is 1. The van der Waals surface area contributed by atoms with Gasteiger partial charge in [-0.25, -0.2) is 0 Å². The summed E-state index contributed by atoms with van der Waals surface area (Å²) in [7, 11) is -4.87. The Balaban J connectivity index is 2.15. The first-order valence-corrected chi connectivity index (χ1v) is 10.1. The highest BCUT2D eigenvalue weighted by atomic mass is 32.3. The predicted octanol–water partition coefficient (Wildman–Crippen LogP) is 3.49. The summed E-state index contributed by atoms with van der Waals surface area (Å²) in [5.41, 5.74) is 1.67. The number of ether oxygens (including phenoxy) is 1. The van der Waals surface area contributed by atoms with Crippen molar-refractivity contribution in [2.75, 3.05) is 0 Å². The van der Waals surface area contributed by atoms with Gasteiger partial charge in [0.05, 0.1) is 6.42 Å². The summed E-state index contributed by atoms with van der Waals surface area (Å²) in [6, 6.07) is 7.10. The molecule has 9 heteroatoms. The average molecular weight is 420 g/mol. The number of allylic oxidation sites excluding steroid dienone is 2. The number of rotatable bonds is 5.